The number of hydrogen-bond acceptors (Lipinski definition) is 4. The minimum Gasteiger partial charge on any atom is -0.477 e. The predicted octanol–water partition coefficient (Wildman–Crippen LogP) is 2.60. The highest BCUT2D eigenvalue weighted by Crippen LogP contribution is 2.49. The highest BCUT2D eigenvalue weighted by atomic mass is 16.4. The number of anilines is 2. The maximum absolute atomic E-state index is 11.0. The average molecular weight is 275 g/mol. The Morgan fingerprint density at radius 1 is 1.45 bits per heavy atom. The number of carboxylic acid groups (broad SMARTS) is 1. The number of rotatable bonds is 4. The molecule has 5 heteroatoms. The maximum atomic E-state index is 11.0. The van der Waals surface area contributed by atoms with Gasteiger partial charge in [-0.2, -0.15) is 0 Å². The Morgan fingerprint density at radius 3 is 2.85 bits per heavy atom. The summed E-state index contributed by atoms with van der Waals surface area (Å²) in [5.74, 6) is 1.83. The molecule has 4 atom stereocenters. The van der Waals surface area contributed by atoms with Crippen molar-refractivity contribution in [3.63, 3.8) is 0 Å². The van der Waals surface area contributed by atoms with E-state index in [1.807, 2.05) is 0 Å². The fourth-order valence-electron chi connectivity index (χ4n) is 3.93. The van der Waals surface area contributed by atoms with Crippen molar-refractivity contribution in [2.45, 2.75) is 38.6 Å². The number of nitrogens with zero attached hydrogens (tertiary/aromatic N) is 1. The number of nitrogens with one attached hydrogen (secondary N) is 1. The number of fused-ring (bicyclic) bond motifs is 2. The zero-order valence-corrected chi connectivity index (χ0v) is 11.7. The van der Waals surface area contributed by atoms with E-state index in [0.717, 1.165) is 11.8 Å². The van der Waals surface area contributed by atoms with Gasteiger partial charge in [-0.05, 0) is 56.1 Å². The molecule has 0 amide bonds. The lowest BCUT2D eigenvalue weighted by Crippen LogP contribution is -2.30. The first kappa shape index (κ1) is 13.2. The average Bonchev–Trinajstić information content (AvgIpc) is 3.03. The quantitative estimate of drug-likeness (QED) is 0.786. The van der Waals surface area contributed by atoms with Gasteiger partial charge in [-0.1, -0.05) is 6.42 Å². The molecule has 2 aliphatic carbocycles. The molecule has 0 aliphatic heterocycles. The van der Waals surface area contributed by atoms with Crippen molar-refractivity contribution in [1.82, 2.24) is 4.98 Å². The molecule has 4 unspecified atom stereocenters. The van der Waals surface area contributed by atoms with E-state index < -0.39 is 5.97 Å². The largest absolute Gasteiger partial charge is 0.477 e. The van der Waals surface area contributed by atoms with Gasteiger partial charge < -0.3 is 16.2 Å². The van der Waals surface area contributed by atoms with E-state index in [2.05, 4.69) is 17.2 Å². The fraction of sp³-hybridized carbons (Fsp3) is 0.600. The van der Waals surface area contributed by atoms with Gasteiger partial charge in [-0.25, -0.2) is 9.78 Å². The Morgan fingerprint density at radius 2 is 2.25 bits per heavy atom. The van der Waals surface area contributed by atoms with Crippen LogP contribution in [0.5, 0.6) is 0 Å². The van der Waals surface area contributed by atoms with Crippen LogP contribution in [0, 0.1) is 17.8 Å². The van der Waals surface area contributed by atoms with Gasteiger partial charge in [0.2, 0.25) is 0 Å². The molecule has 4 N–H and O–H groups in total. The number of aromatic nitrogens is 1. The number of pyridine rings is 1. The molecule has 3 rings (SSSR count). The van der Waals surface area contributed by atoms with E-state index in [4.69, 9.17) is 10.8 Å². The fourth-order valence-corrected chi connectivity index (χ4v) is 3.93. The topological polar surface area (TPSA) is 88.2 Å². The molecule has 0 aromatic carbocycles. The molecule has 2 bridgehead atoms. The van der Waals surface area contributed by atoms with Crippen molar-refractivity contribution in [3.05, 3.63) is 17.8 Å². The van der Waals surface area contributed by atoms with Gasteiger partial charge >= 0.3 is 5.97 Å². The molecule has 20 heavy (non-hydrogen) atoms. The van der Waals surface area contributed by atoms with Crippen LogP contribution < -0.4 is 11.1 Å². The summed E-state index contributed by atoms with van der Waals surface area (Å²) >= 11 is 0. The number of carbonyl (C=O) groups is 1. The van der Waals surface area contributed by atoms with Crippen LogP contribution in [0.25, 0.3) is 0 Å². The van der Waals surface area contributed by atoms with Crippen molar-refractivity contribution < 1.29 is 9.90 Å². The van der Waals surface area contributed by atoms with Gasteiger partial charge in [-0.15, -0.1) is 0 Å². The molecule has 1 heterocycles. The van der Waals surface area contributed by atoms with Crippen LogP contribution in [-0.2, 0) is 0 Å². The number of carboxylic acids is 1. The summed E-state index contributed by atoms with van der Waals surface area (Å²) in [4.78, 5) is 15.1. The van der Waals surface area contributed by atoms with Crippen molar-refractivity contribution in [1.29, 1.82) is 0 Å². The minimum atomic E-state index is -1.03. The molecule has 2 fully saturated rings. The normalized spacial score (nSPS) is 29.4. The highest BCUT2D eigenvalue weighted by Gasteiger charge is 2.41. The first-order valence-electron chi connectivity index (χ1n) is 7.31. The number of nitrogens with two attached hydrogens (primary N) is 1. The first-order valence-corrected chi connectivity index (χ1v) is 7.31. The van der Waals surface area contributed by atoms with Gasteiger partial charge in [0, 0.05) is 6.04 Å². The van der Waals surface area contributed by atoms with Gasteiger partial charge in [0.25, 0.3) is 0 Å². The third-order valence-electron chi connectivity index (χ3n) is 4.94. The second-order valence-corrected chi connectivity index (χ2v) is 6.21. The molecule has 0 spiro atoms. The van der Waals surface area contributed by atoms with E-state index in [0.29, 0.717) is 17.4 Å². The van der Waals surface area contributed by atoms with Gasteiger partial charge in [-0.3, -0.25) is 0 Å². The standard InChI is InChI=1S/C15H21N3O2/c1-8(11-7-9-2-3-10(11)6-9)17-14-12(16)4-5-13(18-14)15(19)20/h4-5,8-11H,2-3,6-7,16H2,1H3,(H,17,18)(H,19,20). The third-order valence-corrected chi connectivity index (χ3v) is 4.94. The second-order valence-electron chi connectivity index (χ2n) is 6.21. The SMILES string of the molecule is CC(Nc1nc(C(=O)O)ccc1N)C1CC2CCC1C2. The summed E-state index contributed by atoms with van der Waals surface area (Å²) < 4.78 is 0. The lowest BCUT2D eigenvalue weighted by atomic mass is 9.84. The van der Waals surface area contributed by atoms with Crippen LogP contribution in [0.2, 0.25) is 0 Å². The van der Waals surface area contributed by atoms with Gasteiger partial charge in [0.15, 0.2) is 5.69 Å². The monoisotopic (exact) mass is 275 g/mol. The minimum absolute atomic E-state index is 0.0295. The summed E-state index contributed by atoms with van der Waals surface area (Å²) in [6.07, 6.45) is 5.34. The van der Waals surface area contributed by atoms with Crippen molar-refractivity contribution in [2.75, 3.05) is 11.1 Å². The van der Waals surface area contributed by atoms with Crippen LogP contribution in [0.1, 0.15) is 43.1 Å². The lowest BCUT2D eigenvalue weighted by Gasteiger charge is -2.29. The third kappa shape index (κ3) is 2.32. The molecule has 1 aromatic rings. The van der Waals surface area contributed by atoms with E-state index >= 15 is 0 Å². The lowest BCUT2D eigenvalue weighted by molar-refractivity contribution is 0.0690. The summed E-state index contributed by atoms with van der Waals surface area (Å²) in [7, 11) is 0. The highest BCUT2D eigenvalue weighted by molar-refractivity contribution is 5.86. The van der Waals surface area contributed by atoms with E-state index in [9.17, 15) is 4.79 Å². The summed E-state index contributed by atoms with van der Waals surface area (Å²) in [5.41, 5.74) is 6.43. The van der Waals surface area contributed by atoms with E-state index in [1.54, 1.807) is 6.07 Å². The van der Waals surface area contributed by atoms with E-state index in [1.165, 1.54) is 31.7 Å². The first-order chi connectivity index (χ1) is 9.54. The van der Waals surface area contributed by atoms with Crippen LogP contribution in [0.15, 0.2) is 12.1 Å². The van der Waals surface area contributed by atoms with Crippen molar-refractivity contribution in [2.24, 2.45) is 17.8 Å². The molecule has 108 valence electrons. The summed E-state index contributed by atoms with van der Waals surface area (Å²) in [6, 6.07) is 3.32. The Kier molecular flexibility index (Phi) is 3.28. The van der Waals surface area contributed by atoms with Gasteiger partial charge in [0.1, 0.15) is 5.82 Å². The molecular formula is C15H21N3O2. The summed E-state index contributed by atoms with van der Waals surface area (Å²) in [6.45, 7) is 2.15. The number of nitrogen functional groups attached to an aromatic ring is 1. The van der Waals surface area contributed by atoms with Crippen LogP contribution in [-0.4, -0.2) is 22.1 Å². The molecule has 1 aromatic heterocycles. The summed E-state index contributed by atoms with van der Waals surface area (Å²) in [5, 5.41) is 12.3. The zero-order chi connectivity index (χ0) is 14.3. The molecule has 2 saturated carbocycles. The Hall–Kier alpha value is -1.78. The van der Waals surface area contributed by atoms with Crippen molar-refractivity contribution >= 4 is 17.5 Å². The Balaban J connectivity index is 1.74. The van der Waals surface area contributed by atoms with Crippen molar-refractivity contribution in [3.8, 4) is 0 Å². The molecule has 0 saturated heterocycles. The Labute approximate surface area is 118 Å². The second kappa shape index (κ2) is 4.96. The Bertz CT molecular complexity index is 532. The maximum Gasteiger partial charge on any atom is 0.354 e. The number of hydrogen-bond donors (Lipinski definition) is 3. The van der Waals surface area contributed by atoms with Crippen LogP contribution >= 0.6 is 0 Å². The zero-order valence-electron chi connectivity index (χ0n) is 11.7. The molecule has 5 nitrogen and oxygen atoms in total. The molecular weight excluding hydrogens is 254 g/mol. The van der Waals surface area contributed by atoms with Crippen LogP contribution in [0.4, 0.5) is 11.5 Å². The number of aromatic carboxylic acids is 1. The van der Waals surface area contributed by atoms with E-state index in [-0.39, 0.29) is 11.7 Å². The smallest absolute Gasteiger partial charge is 0.354 e. The van der Waals surface area contributed by atoms with Gasteiger partial charge in [0.05, 0.1) is 5.69 Å². The molecule has 2 aliphatic rings. The predicted molar refractivity (Wildman–Crippen MR) is 77.6 cm³/mol. The molecule has 0 radical (unpaired) electrons. The van der Waals surface area contributed by atoms with Crippen LogP contribution in [0.3, 0.4) is 0 Å².